The van der Waals surface area contributed by atoms with E-state index in [1.807, 2.05) is 0 Å². The molecule has 10 heteroatoms. The van der Waals surface area contributed by atoms with Crippen LogP contribution in [-0.4, -0.2) is 25.1 Å². The Morgan fingerprint density at radius 3 is 2.50 bits per heavy atom. The van der Waals surface area contributed by atoms with Gasteiger partial charge in [-0.25, -0.2) is 4.98 Å². The fourth-order valence-electron chi connectivity index (χ4n) is 2.49. The summed E-state index contributed by atoms with van der Waals surface area (Å²) in [5, 5.41) is 7.94. The first-order chi connectivity index (χ1) is 12.1. The maximum atomic E-state index is 12.8. The summed E-state index contributed by atoms with van der Waals surface area (Å²) in [7, 11) is 0. The van der Waals surface area contributed by atoms with Crippen molar-refractivity contribution < 1.29 is 13.2 Å². The van der Waals surface area contributed by atoms with Crippen molar-refractivity contribution in [3.8, 4) is 11.5 Å². The molecule has 0 saturated heterocycles. The second-order valence-electron chi connectivity index (χ2n) is 5.73. The lowest BCUT2D eigenvalue weighted by atomic mass is 9.99. The predicted octanol–water partition coefficient (Wildman–Crippen LogP) is 3.69. The third-order valence-electron chi connectivity index (χ3n) is 3.81. The van der Waals surface area contributed by atoms with Crippen LogP contribution in [0.15, 0.2) is 29.1 Å². The Kier molecular flexibility index (Phi) is 4.57. The Morgan fingerprint density at radius 1 is 1.15 bits per heavy atom. The summed E-state index contributed by atoms with van der Waals surface area (Å²) in [4.78, 5) is 21.2. The van der Waals surface area contributed by atoms with Gasteiger partial charge in [-0.05, 0) is 24.6 Å². The molecule has 0 fully saturated rings. The third kappa shape index (κ3) is 3.62. The molecule has 0 amide bonds. The van der Waals surface area contributed by atoms with Gasteiger partial charge in [0.2, 0.25) is 0 Å². The first-order valence-corrected chi connectivity index (χ1v) is 7.90. The van der Waals surface area contributed by atoms with E-state index in [2.05, 4.69) is 25.1 Å². The Bertz CT molecular complexity index is 1010. The van der Waals surface area contributed by atoms with Gasteiger partial charge >= 0.3 is 6.18 Å². The zero-order valence-corrected chi connectivity index (χ0v) is 14.4. The number of alkyl halides is 3. The normalized spacial score (nSPS) is 13.0. The van der Waals surface area contributed by atoms with Crippen molar-refractivity contribution in [3.05, 3.63) is 62.4 Å². The molecule has 1 unspecified atom stereocenters. The zero-order chi connectivity index (χ0) is 19.1. The second-order valence-corrected chi connectivity index (χ2v) is 6.14. The van der Waals surface area contributed by atoms with Crippen LogP contribution in [-0.2, 0) is 6.18 Å². The summed E-state index contributed by atoms with van der Waals surface area (Å²) in [6.07, 6.45) is -4.46. The van der Waals surface area contributed by atoms with E-state index in [-0.39, 0.29) is 16.4 Å². The fraction of sp³-hybridized carbons (Fsp3) is 0.250. The highest BCUT2D eigenvalue weighted by molar-refractivity contribution is 6.31. The number of aryl methyl sites for hydroxylation is 1. The lowest BCUT2D eigenvalue weighted by molar-refractivity contribution is -0.137. The largest absolute Gasteiger partial charge is 0.416 e. The van der Waals surface area contributed by atoms with Crippen LogP contribution in [0.25, 0.3) is 11.5 Å². The summed E-state index contributed by atoms with van der Waals surface area (Å²) in [6, 6.07) is 4.43. The van der Waals surface area contributed by atoms with E-state index >= 15 is 0 Å². The molecule has 26 heavy (non-hydrogen) atoms. The summed E-state index contributed by atoms with van der Waals surface area (Å²) in [5.41, 5.74) is -0.364. The van der Waals surface area contributed by atoms with Crippen molar-refractivity contribution in [2.45, 2.75) is 25.9 Å². The van der Waals surface area contributed by atoms with Gasteiger partial charge in [0.15, 0.2) is 5.82 Å². The van der Waals surface area contributed by atoms with E-state index < -0.39 is 17.7 Å². The number of nitrogens with zero attached hydrogens (tertiary/aromatic N) is 3. The molecule has 0 radical (unpaired) electrons. The highest BCUT2D eigenvalue weighted by Crippen LogP contribution is 2.35. The molecule has 6 nitrogen and oxygen atoms in total. The number of aromatic amines is 2. The minimum atomic E-state index is -4.46. The van der Waals surface area contributed by atoms with Gasteiger partial charge in [-0.3, -0.25) is 4.79 Å². The molecule has 1 atom stereocenters. The van der Waals surface area contributed by atoms with Crippen molar-refractivity contribution in [2.24, 2.45) is 0 Å². The molecule has 0 bridgehead atoms. The molecule has 0 spiro atoms. The molecular weight excluding hydrogens is 371 g/mol. The molecule has 136 valence electrons. The summed E-state index contributed by atoms with van der Waals surface area (Å²) >= 11 is 6.03. The third-order valence-corrected chi connectivity index (χ3v) is 4.14. The topological polar surface area (TPSA) is 87.3 Å². The van der Waals surface area contributed by atoms with Crippen LogP contribution in [0.1, 0.15) is 35.6 Å². The number of halogens is 4. The van der Waals surface area contributed by atoms with Crippen molar-refractivity contribution >= 4 is 11.6 Å². The highest BCUT2D eigenvalue weighted by Gasteiger charge is 2.31. The van der Waals surface area contributed by atoms with E-state index in [0.29, 0.717) is 22.9 Å². The average molecular weight is 384 g/mol. The van der Waals surface area contributed by atoms with Crippen LogP contribution in [0.4, 0.5) is 13.2 Å². The molecule has 0 aliphatic carbocycles. The number of benzene rings is 1. The van der Waals surface area contributed by atoms with Crippen molar-refractivity contribution in [2.75, 3.05) is 0 Å². The maximum Gasteiger partial charge on any atom is 0.416 e. The number of nitrogens with one attached hydrogen (secondary N) is 2. The Labute approximate surface area is 150 Å². The van der Waals surface area contributed by atoms with Gasteiger partial charge in [0.25, 0.3) is 5.56 Å². The number of hydrogen-bond donors (Lipinski definition) is 2. The van der Waals surface area contributed by atoms with Gasteiger partial charge in [-0.2, -0.15) is 13.2 Å². The van der Waals surface area contributed by atoms with Crippen molar-refractivity contribution in [1.82, 2.24) is 25.1 Å². The maximum absolute atomic E-state index is 12.8. The fourth-order valence-corrected chi connectivity index (χ4v) is 2.83. The smallest absolute Gasteiger partial charge is 0.323 e. The minimum absolute atomic E-state index is 0.0181. The SMILES string of the molecule is Cc1nc(-c2nnc(C(C)c3ccc(C(F)(F)F)cc3Cl)[nH]2)cc(=O)[nH]1. The summed E-state index contributed by atoms with van der Waals surface area (Å²) < 4.78 is 38.3. The Hall–Kier alpha value is -2.68. The molecule has 3 aromatic rings. The monoisotopic (exact) mass is 383 g/mol. The summed E-state index contributed by atoms with van der Waals surface area (Å²) in [6.45, 7) is 3.36. The average Bonchev–Trinajstić information content (AvgIpc) is 3.02. The number of aromatic nitrogens is 5. The van der Waals surface area contributed by atoms with E-state index in [0.717, 1.165) is 12.1 Å². The number of H-pyrrole nitrogens is 2. The molecule has 3 rings (SSSR count). The van der Waals surface area contributed by atoms with E-state index in [1.165, 1.54) is 12.1 Å². The quantitative estimate of drug-likeness (QED) is 0.722. The van der Waals surface area contributed by atoms with E-state index in [1.54, 1.807) is 13.8 Å². The van der Waals surface area contributed by atoms with Crippen LogP contribution in [0.3, 0.4) is 0 Å². The Morgan fingerprint density at radius 2 is 1.88 bits per heavy atom. The highest BCUT2D eigenvalue weighted by atomic mass is 35.5. The van der Waals surface area contributed by atoms with Gasteiger partial charge in [0, 0.05) is 17.0 Å². The molecule has 0 aliphatic rings. The van der Waals surface area contributed by atoms with Crippen LogP contribution in [0, 0.1) is 6.92 Å². The molecule has 2 heterocycles. The lowest BCUT2D eigenvalue weighted by Crippen LogP contribution is -2.09. The Balaban J connectivity index is 1.93. The molecular formula is C16H13ClF3N5O. The molecule has 0 saturated carbocycles. The van der Waals surface area contributed by atoms with Gasteiger partial charge in [0.1, 0.15) is 17.3 Å². The van der Waals surface area contributed by atoms with Crippen molar-refractivity contribution in [1.29, 1.82) is 0 Å². The predicted molar refractivity (Wildman–Crippen MR) is 88.9 cm³/mol. The number of hydrogen-bond acceptors (Lipinski definition) is 4. The zero-order valence-electron chi connectivity index (χ0n) is 13.6. The lowest BCUT2D eigenvalue weighted by Gasteiger charge is -2.13. The number of rotatable bonds is 3. The minimum Gasteiger partial charge on any atom is -0.323 e. The molecule has 1 aromatic carbocycles. The van der Waals surface area contributed by atoms with Crippen LogP contribution < -0.4 is 5.56 Å². The van der Waals surface area contributed by atoms with Gasteiger partial charge < -0.3 is 9.97 Å². The molecule has 2 N–H and O–H groups in total. The van der Waals surface area contributed by atoms with Gasteiger partial charge in [-0.15, -0.1) is 10.2 Å². The van der Waals surface area contributed by atoms with E-state index in [9.17, 15) is 18.0 Å². The molecule has 0 aliphatic heterocycles. The van der Waals surface area contributed by atoms with Gasteiger partial charge in [-0.1, -0.05) is 24.6 Å². The first-order valence-electron chi connectivity index (χ1n) is 7.52. The molecule has 2 aromatic heterocycles. The summed E-state index contributed by atoms with van der Waals surface area (Å²) in [5.74, 6) is 0.656. The van der Waals surface area contributed by atoms with E-state index in [4.69, 9.17) is 11.6 Å². The van der Waals surface area contributed by atoms with Crippen LogP contribution in [0.5, 0.6) is 0 Å². The van der Waals surface area contributed by atoms with Gasteiger partial charge in [0.05, 0.1) is 5.56 Å². The standard InChI is InChI=1S/C16H13ClF3N5O/c1-7(10-4-3-9(5-11(10)17)16(18,19)20)14-23-15(25-24-14)12-6-13(26)22-8(2)21-12/h3-7H,1-2H3,(H,21,22,26)(H,23,24,25). The first kappa shape index (κ1) is 18.1. The van der Waals surface area contributed by atoms with Crippen molar-refractivity contribution in [3.63, 3.8) is 0 Å². The van der Waals surface area contributed by atoms with Crippen LogP contribution in [0.2, 0.25) is 5.02 Å². The second kappa shape index (κ2) is 6.56. The van der Waals surface area contributed by atoms with Crippen LogP contribution >= 0.6 is 11.6 Å².